The Bertz CT molecular complexity index is 1130. The van der Waals surface area contributed by atoms with Crippen LogP contribution >= 0.6 is 24.4 Å². The van der Waals surface area contributed by atoms with E-state index in [0.29, 0.717) is 27.6 Å². The van der Waals surface area contributed by atoms with E-state index < -0.39 is 17.7 Å². The first-order chi connectivity index (χ1) is 16.5. The van der Waals surface area contributed by atoms with Crippen LogP contribution in [0.25, 0.3) is 0 Å². The average molecular weight is 519 g/mol. The van der Waals surface area contributed by atoms with Crippen LogP contribution in [-0.2, 0) is 16.2 Å². The predicted octanol–water partition coefficient (Wildman–Crippen LogP) is 2.12. The van der Waals surface area contributed by atoms with E-state index in [0.717, 1.165) is 11.1 Å². The number of hydrogen-bond acceptors (Lipinski definition) is 7. The second kappa shape index (κ2) is 12.4. The maximum absolute atomic E-state index is 12.8. The Labute approximate surface area is 215 Å². The van der Waals surface area contributed by atoms with Gasteiger partial charge in [-0.1, -0.05) is 36.6 Å². The van der Waals surface area contributed by atoms with E-state index >= 15 is 0 Å². The Kier molecular flexibility index (Phi) is 9.93. The maximum Gasteiger partial charge on any atom is 0.250 e. The van der Waals surface area contributed by atoms with Crippen LogP contribution in [0.5, 0.6) is 11.5 Å². The molecule has 9 nitrogen and oxygen atoms in total. The summed E-state index contributed by atoms with van der Waals surface area (Å²) in [4.78, 5) is 26.1. The molecule has 2 amide bonds. The molecule has 0 spiro atoms. The third-order valence-corrected chi connectivity index (χ3v) is 6.33. The molecule has 11 heteroatoms. The average Bonchev–Trinajstić information content (AvgIpc) is 2.86. The predicted molar refractivity (Wildman–Crippen MR) is 141 cm³/mol. The molecule has 0 bridgehead atoms. The highest BCUT2D eigenvalue weighted by atomic mass is 32.1. The van der Waals surface area contributed by atoms with Gasteiger partial charge in [-0.15, -0.1) is 0 Å². The number of rotatable bonds is 7. The number of aliphatic hydroxyl groups is 1. The van der Waals surface area contributed by atoms with Crippen molar-refractivity contribution in [1.82, 2.24) is 20.9 Å². The highest BCUT2D eigenvalue weighted by Crippen LogP contribution is 2.20. The lowest BCUT2D eigenvalue weighted by Gasteiger charge is -2.26. The molecule has 0 heterocycles. The fourth-order valence-corrected chi connectivity index (χ4v) is 3.59. The number of hydrazine groups is 2. The number of aliphatic hydroxyl groups excluding tert-OH is 1. The molecule has 0 saturated heterocycles. The molecule has 0 aromatic heterocycles. The van der Waals surface area contributed by atoms with Crippen molar-refractivity contribution in [1.29, 1.82) is 0 Å². The Morgan fingerprint density at radius 1 is 0.914 bits per heavy atom. The Balaban J connectivity index is 2.05. The van der Waals surface area contributed by atoms with Crippen LogP contribution in [0.3, 0.4) is 0 Å². The van der Waals surface area contributed by atoms with Crippen molar-refractivity contribution >= 4 is 46.2 Å². The molecule has 0 aliphatic carbocycles. The van der Waals surface area contributed by atoms with Crippen molar-refractivity contribution in [3.8, 4) is 11.5 Å². The van der Waals surface area contributed by atoms with Crippen LogP contribution in [-0.4, -0.2) is 65.2 Å². The first-order valence-corrected chi connectivity index (χ1v) is 11.4. The van der Waals surface area contributed by atoms with Gasteiger partial charge in [0.05, 0.1) is 20.8 Å². The van der Waals surface area contributed by atoms with Gasteiger partial charge in [0, 0.05) is 25.2 Å². The van der Waals surface area contributed by atoms with Crippen LogP contribution in [0.15, 0.2) is 36.4 Å². The number of carbonyl (C=O) groups excluding carboxylic acids is 2. The minimum atomic E-state index is -1.06. The molecule has 2 aromatic rings. The number of nitrogens with zero attached hydrogens (tertiary/aromatic N) is 2. The summed E-state index contributed by atoms with van der Waals surface area (Å²) >= 11 is 11.0. The number of hydrogen-bond donors (Lipinski definition) is 3. The Morgan fingerprint density at radius 3 is 1.86 bits per heavy atom. The van der Waals surface area contributed by atoms with E-state index in [9.17, 15) is 14.7 Å². The minimum absolute atomic E-state index is 0.237. The number of nitrogens with one attached hydrogen (secondary N) is 2. The standard InChI is InChI=1S/C24H30N4O5S2/c1-14-7-9-17(32-5)11-19(14)23(34)27(3)25-21(30)15(2)22(31)26-28(4)24(35)20-12-18(33-6)10-8-16(20)13-29/h7-12,15,29H,13H2,1-6H3,(H,25,30)(H,26,31). The smallest absolute Gasteiger partial charge is 0.250 e. The van der Waals surface area contributed by atoms with E-state index in [-0.39, 0.29) is 11.6 Å². The summed E-state index contributed by atoms with van der Waals surface area (Å²) in [5.41, 5.74) is 7.99. The quantitative estimate of drug-likeness (QED) is 0.289. The second-order valence-electron chi connectivity index (χ2n) is 7.76. The molecule has 0 aliphatic rings. The lowest BCUT2D eigenvalue weighted by molar-refractivity contribution is -0.137. The number of benzene rings is 2. The number of thiocarbonyl (C=S) groups is 2. The van der Waals surface area contributed by atoms with E-state index in [1.807, 2.05) is 19.1 Å². The zero-order valence-electron chi connectivity index (χ0n) is 20.5. The number of ether oxygens (including phenoxy) is 2. The highest BCUT2D eigenvalue weighted by molar-refractivity contribution is 7.81. The molecule has 0 radical (unpaired) electrons. The van der Waals surface area contributed by atoms with Gasteiger partial charge in [-0.05, 0) is 49.2 Å². The number of amides is 2. The summed E-state index contributed by atoms with van der Waals surface area (Å²) in [5, 5.41) is 12.3. The van der Waals surface area contributed by atoms with Crippen molar-refractivity contribution in [3.05, 3.63) is 58.7 Å². The molecular weight excluding hydrogens is 488 g/mol. The van der Waals surface area contributed by atoms with Gasteiger partial charge in [-0.25, -0.2) is 0 Å². The molecule has 35 heavy (non-hydrogen) atoms. The topological polar surface area (TPSA) is 103 Å². The van der Waals surface area contributed by atoms with E-state index in [4.69, 9.17) is 33.9 Å². The third-order valence-electron chi connectivity index (χ3n) is 5.34. The summed E-state index contributed by atoms with van der Waals surface area (Å²) in [5.74, 6) is -0.987. The summed E-state index contributed by atoms with van der Waals surface area (Å²) in [7, 11) is 6.23. The van der Waals surface area contributed by atoms with Gasteiger partial charge in [0.25, 0.3) is 11.8 Å². The molecule has 1 unspecified atom stereocenters. The third kappa shape index (κ3) is 6.87. The normalized spacial score (nSPS) is 11.2. The molecule has 188 valence electrons. The lowest BCUT2D eigenvalue weighted by atomic mass is 10.1. The Morgan fingerprint density at radius 2 is 1.37 bits per heavy atom. The molecule has 2 aromatic carbocycles. The molecular formula is C24H30N4O5S2. The van der Waals surface area contributed by atoms with E-state index in [1.165, 1.54) is 24.1 Å². The van der Waals surface area contributed by atoms with E-state index in [1.54, 1.807) is 45.5 Å². The van der Waals surface area contributed by atoms with E-state index in [2.05, 4.69) is 10.9 Å². The first-order valence-electron chi connectivity index (χ1n) is 10.6. The van der Waals surface area contributed by atoms with Crippen LogP contribution < -0.4 is 20.3 Å². The maximum atomic E-state index is 12.8. The first kappa shape index (κ1) is 28.0. The molecule has 2 rings (SSSR count). The van der Waals surface area contributed by atoms with Crippen molar-refractivity contribution in [2.45, 2.75) is 20.5 Å². The van der Waals surface area contributed by atoms with Crippen molar-refractivity contribution in [2.75, 3.05) is 28.3 Å². The van der Waals surface area contributed by atoms with Crippen molar-refractivity contribution < 1.29 is 24.2 Å². The summed E-state index contributed by atoms with van der Waals surface area (Å²) in [6.45, 7) is 3.13. The largest absolute Gasteiger partial charge is 0.497 e. The fourth-order valence-electron chi connectivity index (χ4n) is 3.08. The fraction of sp³-hybridized carbons (Fsp3) is 0.333. The summed E-state index contributed by atoms with van der Waals surface area (Å²) in [6.07, 6.45) is 0. The van der Waals surface area contributed by atoms with Crippen molar-refractivity contribution in [3.63, 3.8) is 0 Å². The highest BCUT2D eigenvalue weighted by Gasteiger charge is 2.25. The number of methoxy groups -OCH3 is 2. The van der Waals surface area contributed by atoms with Gasteiger partial charge in [-0.2, -0.15) is 0 Å². The number of carbonyl (C=O) groups is 2. The minimum Gasteiger partial charge on any atom is -0.497 e. The zero-order chi connectivity index (χ0) is 26.3. The van der Waals surface area contributed by atoms with Gasteiger partial charge in [0.2, 0.25) is 0 Å². The SMILES string of the molecule is COc1ccc(C)c(C(=S)N(C)NC(=O)C(C)C(=O)NN(C)C(=S)c2cc(OC)ccc2CO)c1. The summed E-state index contributed by atoms with van der Waals surface area (Å²) in [6, 6.07) is 10.5. The monoisotopic (exact) mass is 518 g/mol. The molecule has 0 aliphatic heterocycles. The Hall–Kier alpha value is -3.28. The molecule has 0 fully saturated rings. The number of aryl methyl sites for hydroxylation is 1. The lowest BCUT2D eigenvalue weighted by Crippen LogP contribution is -2.51. The van der Waals surface area contributed by atoms with Gasteiger partial charge >= 0.3 is 0 Å². The van der Waals surface area contributed by atoms with Crippen LogP contribution in [0.1, 0.15) is 29.2 Å². The van der Waals surface area contributed by atoms with Gasteiger partial charge in [0.15, 0.2) is 0 Å². The van der Waals surface area contributed by atoms with Crippen LogP contribution in [0.4, 0.5) is 0 Å². The zero-order valence-corrected chi connectivity index (χ0v) is 22.2. The van der Waals surface area contributed by atoms with Crippen molar-refractivity contribution in [2.24, 2.45) is 5.92 Å². The van der Waals surface area contributed by atoms with Gasteiger partial charge < -0.3 is 14.6 Å². The summed E-state index contributed by atoms with van der Waals surface area (Å²) < 4.78 is 10.5. The molecule has 1 atom stereocenters. The van der Waals surface area contributed by atoms with Crippen LogP contribution in [0, 0.1) is 12.8 Å². The molecule has 3 N–H and O–H groups in total. The van der Waals surface area contributed by atoms with Crippen LogP contribution in [0.2, 0.25) is 0 Å². The van der Waals surface area contributed by atoms with Gasteiger partial charge in [0.1, 0.15) is 27.4 Å². The molecule has 0 saturated carbocycles. The van der Waals surface area contributed by atoms with Gasteiger partial charge in [-0.3, -0.25) is 30.5 Å². The second-order valence-corrected chi connectivity index (χ2v) is 8.54.